The van der Waals surface area contributed by atoms with Gasteiger partial charge in [0, 0.05) is 19.0 Å². The van der Waals surface area contributed by atoms with Crippen LogP contribution in [0.1, 0.15) is 28.7 Å². The average molecular weight is 521 g/mol. The fourth-order valence-corrected chi connectivity index (χ4v) is 5.06. The molecule has 0 heterocycles. The minimum atomic E-state index is -3.92. The standard InChI is InChI=1S/C28H28N2O6S/c31-22-11-6-19(7-12-22)25(20-8-13-23(32)14-9-20)17-29-18-28(34)21-10-15-27(33)26(16-21)30-37(35,36)24-4-2-1-3-5-24/h1-16,25,28-34H,17-18H2. The van der Waals surface area contributed by atoms with Crippen LogP contribution in [0.4, 0.5) is 5.69 Å². The molecule has 1 unspecified atom stereocenters. The van der Waals surface area contributed by atoms with Crippen LogP contribution in [0.15, 0.2) is 102 Å². The Bertz CT molecular complexity index is 1380. The van der Waals surface area contributed by atoms with Crippen LogP contribution in [0, 0.1) is 0 Å². The molecule has 0 saturated carbocycles. The van der Waals surface area contributed by atoms with Gasteiger partial charge < -0.3 is 25.7 Å². The number of phenolic OH excluding ortho intramolecular Hbond substituents is 3. The number of sulfonamides is 1. The molecular formula is C28H28N2O6S. The first-order valence-corrected chi connectivity index (χ1v) is 13.1. The quantitative estimate of drug-likeness (QED) is 0.173. The molecule has 0 aliphatic rings. The van der Waals surface area contributed by atoms with E-state index in [1.165, 1.54) is 30.3 Å². The van der Waals surface area contributed by atoms with Crippen LogP contribution >= 0.6 is 0 Å². The van der Waals surface area contributed by atoms with Gasteiger partial charge in [-0.3, -0.25) is 4.72 Å². The van der Waals surface area contributed by atoms with Crippen molar-refractivity contribution in [3.63, 3.8) is 0 Å². The average Bonchev–Trinajstić information content (AvgIpc) is 2.89. The number of aliphatic hydroxyl groups excluding tert-OH is 1. The second-order valence-corrected chi connectivity index (χ2v) is 10.3. The topological polar surface area (TPSA) is 139 Å². The van der Waals surface area contributed by atoms with Gasteiger partial charge in [-0.1, -0.05) is 48.5 Å². The highest BCUT2D eigenvalue weighted by Crippen LogP contribution is 2.30. The molecule has 0 saturated heterocycles. The zero-order valence-corrected chi connectivity index (χ0v) is 20.6. The van der Waals surface area contributed by atoms with Gasteiger partial charge in [-0.2, -0.15) is 0 Å². The molecule has 0 radical (unpaired) electrons. The molecule has 192 valence electrons. The van der Waals surface area contributed by atoms with E-state index >= 15 is 0 Å². The molecule has 0 bridgehead atoms. The third-order valence-electron chi connectivity index (χ3n) is 5.98. The largest absolute Gasteiger partial charge is 0.508 e. The number of hydrogen-bond acceptors (Lipinski definition) is 7. The van der Waals surface area contributed by atoms with Gasteiger partial charge >= 0.3 is 0 Å². The van der Waals surface area contributed by atoms with E-state index < -0.39 is 16.1 Å². The van der Waals surface area contributed by atoms with Crippen molar-refractivity contribution in [1.82, 2.24) is 5.32 Å². The van der Waals surface area contributed by atoms with Crippen LogP contribution in [0.5, 0.6) is 17.2 Å². The number of aliphatic hydroxyl groups is 1. The first-order valence-electron chi connectivity index (χ1n) is 11.6. The molecule has 0 aliphatic heterocycles. The Morgan fingerprint density at radius 1 is 0.676 bits per heavy atom. The summed E-state index contributed by atoms with van der Waals surface area (Å²) in [5.41, 5.74) is 2.26. The Balaban J connectivity index is 1.46. The lowest BCUT2D eigenvalue weighted by atomic mass is 9.91. The Hall–Kier alpha value is -4.05. The van der Waals surface area contributed by atoms with E-state index in [1.807, 2.05) is 24.3 Å². The van der Waals surface area contributed by atoms with E-state index in [1.54, 1.807) is 42.5 Å². The van der Waals surface area contributed by atoms with E-state index in [2.05, 4.69) is 10.0 Å². The predicted molar refractivity (Wildman–Crippen MR) is 141 cm³/mol. The number of benzene rings is 4. The van der Waals surface area contributed by atoms with E-state index in [0.717, 1.165) is 11.1 Å². The van der Waals surface area contributed by atoms with Gasteiger partial charge in [0.25, 0.3) is 10.0 Å². The van der Waals surface area contributed by atoms with Gasteiger partial charge in [0.15, 0.2) is 0 Å². The Labute approximate surface area is 215 Å². The van der Waals surface area contributed by atoms with Crippen molar-refractivity contribution in [3.05, 3.63) is 114 Å². The maximum Gasteiger partial charge on any atom is 0.262 e. The summed E-state index contributed by atoms with van der Waals surface area (Å²) in [6.45, 7) is 0.598. The third kappa shape index (κ3) is 6.59. The number of aromatic hydroxyl groups is 3. The van der Waals surface area contributed by atoms with Gasteiger partial charge in [0.1, 0.15) is 17.2 Å². The molecule has 0 amide bonds. The maximum absolute atomic E-state index is 12.7. The van der Waals surface area contributed by atoms with Crippen LogP contribution in [-0.4, -0.2) is 41.9 Å². The van der Waals surface area contributed by atoms with Crippen molar-refractivity contribution in [3.8, 4) is 17.2 Å². The molecule has 37 heavy (non-hydrogen) atoms. The van der Waals surface area contributed by atoms with Crippen LogP contribution in [0.25, 0.3) is 0 Å². The normalized spacial score (nSPS) is 12.4. The zero-order chi connectivity index (χ0) is 26.4. The highest BCUT2D eigenvalue weighted by atomic mass is 32.2. The lowest BCUT2D eigenvalue weighted by Crippen LogP contribution is -2.27. The molecule has 0 spiro atoms. The number of nitrogens with one attached hydrogen (secondary N) is 2. The minimum absolute atomic E-state index is 0.0357. The van der Waals surface area contributed by atoms with Gasteiger partial charge in [0.2, 0.25) is 0 Å². The van der Waals surface area contributed by atoms with Crippen molar-refractivity contribution in [2.45, 2.75) is 16.9 Å². The van der Waals surface area contributed by atoms with Gasteiger partial charge in [-0.05, 0) is 65.2 Å². The number of anilines is 1. The molecule has 0 aliphatic carbocycles. The van der Waals surface area contributed by atoms with Crippen LogP contribution in [0.2, 0.25) is 0 Å². The third-order valence-corrected chi connectivity index (χ3v) is 7.36. The number of rotatable bonds is 10. The lowest BCUT2D eigenvalue weighted by molar-refractivity contribution is 0.174. The van der Waals surface area contributed by atoms with Crippen molar-refractivity contribution < 1.29 is 28.8 Å². The second-order valence-electron chi connectivity index (χ2n) is 8.60. The van der Waals surface area contributed by atoms with Crippen LogP contribution in [0.3, 0.4) is 0 Å². The molecule has 6 N–H and O–H groups in total. The predicted octanol–water partition coefficient (Wildman–Crippen LogP) is 4.06. The summed E-state index contributed by atoms with van der Waals surface area (Å²) in [6.07, 6.45) is -0.985. The lowest BCUT2D eigenvalue weighted by Gasteiger charge is -2.21. The first kappa shape index (κ1) is 26.0. The summed E-state index contributed by atoms with van der Waals surface area (Å²) in [4.78, 5) is 0.0523. The summed E-state index contributed by atoms with van der Waals surface area (Å²) < 4.78 is 27.7. The highest BCUT2D eigenvalue weighted by molar-refractivity contribution is 7.92. The van der Waals surface area contributed by atoms with Gasteiger partial charge in [-0.25, -0.2) is 8.42 Å². The molecule has 0 aromatic heterocycles. The monoisotopic (exact) mass is 520 g/mol. The molecule has 1 atom stereocenters. The summed E-state index contributed by atoms with van der Waals surface area (Å²) in [7, 11) is -3.92. The Kier molecular flexibility index (Phi) is 7.98. The molecule has 8 nitrogen and oxygen atoms in total. The van der Waals surface area contributed by atoms with E-state index in [4.69, 9.17) is 0 Å². The minimum Gasteiger partial charge on any atom is -0.508 e. The van der Waals surface area contributed by atoms with Crippen molar-refractivity contribution >= 4 is 15.7 Å². The van der Waals surface area contributed by atoms with E-state index in [-0.39, 0.29) is 40.3 Å². The fourth-order valence-electron chi connectivity index (χ4n) is 3.97. The Morgan fingerprint density at radius 3 is 1.78 bits per heavy atom. The summed E-state index contributed by atoms with van der Waals surface area (Å²) in [5.74, 6) is -0.0742. The van der Waals surface area contributed by atoms with Crippen molar-refractivity contribution in [2.75, 3.05) is 17.8 Å². The first-order chi connectivity index (χ1) is 17.7. The van der Waals surface area contributed by atoms with Crippen LogP contribution in [-0.2, 0) is 10.0 Å². The molecule has 4 aromatic rings. The molecule has 9 heteroatoms. The van der Waals surface area contributed by atoms with Crippen LogP contribution < -0.4 is 10.0 Å². The Morgan fingerprint density at radius 2 is 1.22 bits per heavy atom. The SMILES string of the molecule is O=S(=O)(Nc1cc(C(O)CNCC(c2ccc(O)cc2)c2ccc(O)cc2)ccc1O)c1ccccc1. The van der Waals surface area contributed by atoms with Crippen molar-refractivity contribution in [1.29, 1.82) is 0 Å². The molecular weight excluding hydrogens is 492 g/mol. The summed E-state index contributed by atoms with van der Waals surface area (Å²) in [5, 5.41) is 43.6. The van der Waals surface area contributed by atoms with Gasteiger partial charge in [-0.15, -0.1) is 0 Å². The maximum atomic E-state index is 12.7. The molecule has 4 rings (SSSR count). The highest BCUT2D eigenvalue weighted by Gasteiger charge is 2.19. The summed E-state index contributed by atoms with van der Waals surface area (Å²) >= 11 is 0. The summed E-state index contributed by atoms with van der Waals surface area (Å²) in [6, 6.07) is 25.7. The fraction of sp³-hybridized carbons (Fsp3) is 0.143. The molecule has 4 aromatic carbocycles. The second kappa shape index (κ2) is 11.3. The molecule has 0 fully saturated rings. The van der Waals surface area contributed by atoms with E-state index in [0.29, 0.717) is 12.1 Å². The van der Waals surface area contributed by atoms with Gasteiger partial charge in [0.05, 0.1) is 16.7 Å². The van der Waals surface area contributed by atoms with Crippen molar-refractivity contribution in [2.24, 2.45) is 0 Å². The zero-order valence-electron chi connectivity index (χ0n) is 19.8. The smallest absolute Gasteiger partial charge is 0.262 e. The number of phenols is 3. The number of hydrogen-bond donors (Lipinski definition) is 6. The van der Waals surface area contributed by atoms with E-state index in [9.17, 15) is 28.8 Å².